The number of rotatable bonds is 5. The zero-order valence-corrected chi connectivity index (χ0v) is 7.93. The van der Waals surface area contributed by atoms with Crippen LogP contribution in [0.1, 0.15) is 6.92 Å². The van der Waals surface area contributed by atoms with E-state index in [-0.39, 0.29) is 0 Å². The van der Waals surface area contributed by atoms with E-state index in [2.05, 4.69) is 24.9 Å². The highest BCUT2D eigenvalue weighted by atomic mass is 14.8. The van der Waals surface area contributed by atoms with Crippen LogP contribution in [0.15, 0.2) is 36.0 Å². The highest BCUT2D eigenvalue weighted by molar-refractivity contribution is 5.25. The van der Waals surface area contributed by atoms with E-state index in [1.54, 1.807) is 6.08 Å². The van der Waals surface area contributed by atoms with Crippen molar-refractivity contribution in [3.63, 3.8) is 0 Å². The maximum Gasteiger partial charge on any atom is 0.0177 e. The van der Waals surface area contributed by atoms with Gasteiger partial charge >= 0.3 is 0 Å². The lowest BCUT2D eigenvalue weighted by molar-refractivity contribution is 0.880. The highest BCUT2D eigenvalue weighted by Gasteiger charge is 1.85. The van der Waals surface area contributed by atoms with E-state index in [0.29, 0.717) is 6.54 Å². The van der Waals surface area contributed by atoms with Gasteiger partial charge in [-0.2, -0.15) is 0 Å². The van der Waals surface area contributed by atoms with Gasteiger partial charge in [0.2, 0.25) is 0 Å². The zero-order valence-electron chi connectivity index (χ0n) is 7.93. The van der Waals surface area contributed by atoms with Crippen LogP contribution in [0.4, 0.5) is 0 Å². The third kappa shape index (κ3) is 4.88. The summed E-state index contributed by atoms with van der Waals surface area (Å²) >= 11 is 0. The summed E-state index contributed by atoms with van der Waals surface area (Å²) in [6.45, 7) is 7.19. The van der Waals surface area contributed by atoms with Gasteiger partial charge in [0, 0.05) is 13.1 Å². The predicted molar refractivity (Wildman–Crippen MR) is 55.0 cm³/mol. The predicted octanol–water partition coefficient (Wildman–Crippen LogP) is 1.22. The van der Waals surface area contributed by atoms with Gasteiger partial charge in [-0.1, -0.05) is 30.4 Å². The quantitative estimate of drug-likeness (QED) is 0.603. The molecule has 0 fully saturated rings. The molecule has 3 N–H and O–H groups in total. The van der Waals surface area contributed by atoms with Crippen molar-refractivity contribution >= 4 is 0 Å². The fourth-order valence-corrected chi connectivity index (χ4v) is 0.806. The molecule has 0 heterocycles. The van der Waals surface area contributed by atoms with Crippen LogP contribution in [0.3, 0.4) is 0 Å². The van der Waals surface area contributed by atoms with Crippen LogP contribution in [0.2, 0.25) is 0 Å². The van der Waals surface area contributed by atoms with Crippen molar-refractivity contribution < 1.29 is 0 Å². The molecule has 0 aromatic carbocycles. The maximum absolute atomic E-state index is 5.46. The molecule has 0 amide bonds. The third-order valence-electron chi connectivity index (χ3n) is 1.54. The molecule has 0 atom stereocenters. The van der Waals surface area contributed by atoms with Gasteiger partial charge in [-0.15, -0.1) is 0 Å². The Balaban J connectivity index is 4.13. The van der Waals surface area contributed by atoms with Crippen molar-refractivity contribution in [3.8, 4) is 0 Å². The summed E-state index contributed by atoms with van der Waals surface area (Å²) in [5.74, 6) is 0. The van der Waals surface area contributed by atoms with E-state index < -0.39 is 0 Å². The second kappa shape index (κ2) is 6.83. The molecular formula is C10H18N2. The molecule has 0 aliphatic carbocycles. The number of nitrogens with one attached hydrogen (secondary N) is 1. The van der Waals surface area contributed by atoms with E-state index in [9.17, 15) is 0 Å². The maximum atomic E-state index is 5.46. The molecule has 0 spiro atoms. The smallest absolute Gasteiger partial charge is 0.0177 e. The van der Waals surface area contributed by atoms with E-state index in [4.69, 9.17) is 5.73 Å². The lowest BCUT2D eigenvalue weighted by Gasteiger charge is -1.97. The fourth-order valence-electron chi connectivity index (χ4n) is 0.806. The Morgan fingerprint density at radius 3 is 2.58 bits per heavy atom. The van der Waals surface area contributed by atoms with Crippen LogP contribution < -0.4 is 11.1 Å². The first-order valence-corrected chi connectivity index (χ1v) is 4.08. The van der Waals surface area contributed by atoms with Gasteiger partial charge in [0.05, 0.1) is 0 Å². The van der Waals surface area contributed by atoms with Crippen LogP contribution in [0.5, 0.6) is 0 Å². The van der Waals surface area contributed by atoms with Crippen LogP contribution >= 0.6 is 0 Å². The van der Waals surface area contributed by atoms with Crippen LogP contribution in [0.25, 0.3) is 0 Å². The van der Waals surface area contributed by atoms with Crippen molar-refractivity contribution in [2.45, 2.75) is 6.92 Å². The van der Waals surface area contributed by atoms with Gasteiger partial charge < -0.3 is 11.1 Å². The summed E-state index contributed by atoms with van der Waals surface area (Å²) in [6.07, 6.45) is 5.84. The van der Waals surface area contributed by atoms with Gasteiger partial charge in [-0.05, 0) is 19.5 Å². The van der Waals surface area contributed by atoms with E-state index in [1.807, 2.05) is 13.1 Å². The Morgan fingerprint density at radius 2 is 2.17 bits per heavy atom. The average molecular weight is 166 g/mol. The molecule has 0 radical (unpaired) electrons. The molecule has 0 unspecified atom stereocenters. The van der Waals surface area contributed by atoms with Gasteiger partial charge in [0.15, 0.2) is 0 Å². The van der Waals surface area contributed by atoms with Crippen molar-refractivity contribution in [3.05, 3.63) is 36.0 Å². The Hall–Kier alpha value is -0.860. The molecule has 68 valence electrons. The monoisotopic (exact) mass is 166 g/mol. The minimum atomic E-state index is 0.548. The fraction of sp³-hybridized carbons (Fsp3) is 0.400. The lowest BCUT2D eigenvalue weighted by atomic mass is 10.2. The minimum Gasteiger partial charge on any atom is -0.326 e. The second-order valence-corrected chi connectivity index (χ2v) is 2.69. The summed E-state index contributed by atoms with van der Waals surface area (Å²) in [5, 5.41) is 3.07. The molecule has 0 aliphatic heterocycles. The summed E-state index contributed by atoms with van der Waals surface area (Å²) < 4.78 is 0. The SMILES string of the molecule is C=C/C(=C\C=C(/C)CNC)CN. The van der Waals surface area contributed by atoms with E-state index >= 15 is 0 Å². The van der Waals surface area contributed by atoms with Gasteiger partial charge in [0.25, 0.3) is 0 Å². The van der Waals surface area contributed by atoms with E-state index in [1.165, 1.54) is 5.57 Å². The number of nitrogens with two attached hydrogens (primary N) is 1. The Labute approximate surface area is 74.8 Å². The molecule has 0 aromatic heterocycles. The Kier molecular flexibility index (Phi) is 6.34. The molecule has 0 saturated heterocycles. The van der Waals surface area contributed by atoms with Gasteiger partial charge in [-0.25, -0.2) is 0 Å². The topological polar surface area (TPSA) is 38.0 Å². The second-order valence-electron chi connectivity index (χ2n) is 2.69. The first-order valence-electron chi connectivity index (χ1n) is 4.08. The van der Waals surface area contributed by atoms with Crippen LogP contribution in [-0.4, -0.2) is 20.1 Å². The molecule has 0 bridgehead atoms. The zero-order chi connectivity index (χ0) is 9.40. The van der Waals surface area contributed by atoms with Crippen molar-refractivity contribution in [2.24, 2.45) is 5.73 Å². The molecule has 0 rings (SSSR count). The summed E-state index contributed by atoms with van der Waals surface area (Å²) in [7, 11) is 1.93. The molecule has 2 heteroatoms. The Bertz CT molecular complexity index is 190. The van der Waals surface area contributed by atoms with Crippen molar-refractivity contribution in [1.29, 1.82) is 0 Å². The van der Waals surface area contributed by atoms with E-state index in [0.717, 1.165) is 12.1 Å². The highest BCUT2D eigenvalue weighted by Crippen LogP contribution is 1.96. The minimum absolute atomic E-state index is 0.548. The largest absolute Gasteiger partial charge is 0.326 e. The first-order chi connectivity index (χ1) is 5.74. The number of likely N-dealkylation sites (N-methyl/N-ethyl adjacent to an activating group) is 1. The lowest BCUT2D eigenvalue weighted by Crippen LogP contribution is -2.08. The molecule has 12 heavy (non-hydrogen) atoms. The molecule has 0 aliphatic rings. The van der Waals surface area contributed by atoms with Crippen molar-refractivity contribution in [2.75, 3.05) is 20.1 Å². The summed E-state index contributed by atoms with van der Waals surface area (Å²) in [6, 6.07) is 0. The molecule has 0 aromatic rings. The van der Waals surface area contributed by atoms with Crippen LogP contribution in [0, 0.1) is 0 Å². The van der Waals surface area contributed by atoms with Gasteiger partial charge in [0.1, 0.15) is 0 Å². The number of hydrogen-bond donors (Lipinski definition) is 2. The number of hydrogen-bond acceptors (Lipinski definition) is 2. The third-order valence-corrected chi connectivity index (χ3v) is 1.54. The molecule has 2 nitrogen and oxygen atoms in total. The average Bonchev–Trinajstić information content (AvgIpc) is 2.07. The normalized spacial score (nSPS) is 13.2. The molecule has 0 saturated carbocycles. The van der Waals surface area contributed by atoms with Crippen molar-refractivity contribution in [1.82, 2.24) is 5.32 Å². The summed E-state index contributed by atoms with van der Waals surface area (Å²) in [5.41, 5.74) is 7.80. The van der Waals surface area contributed by atoms with Gasteiger partial charge in [-0.3, -0.25) is 0 Å². The van der Waals surface area contributed by atoms with Crippen LogP contribution in [-0.2, 0) is 0 Å². The number of allylic oxidation sites excluding steroid dienone is 2. The Morgan fingerprint density at radius 1 is 1.50 bits per heavy atom. The first kappa shape index (κ1) is 11.1. The molecular weight excluding hydrogens is 148 g/mol. The summed E-state index contributed by atoms with van der Waals surface area (Å²) in [4.78, 5) is 0. The standard InChI is InChI=1S/C10H18N2/c1-4-10(7-11)6-5-9(2)8-12-3/h4-6,12H,1,7-8,11H2,2-3H3/b9-5+,10-6+.